The van der Waals surface area contributed by atoms with Gasteiger partial charge in [-0.05, 0) is 24.1 Å². The Bertz CT molecular complexity index is 430. The molecule has 2 rings (SSSR count). The highest BCUT2D eigenvalue weighted by molar-refractivity contribution is 5.29. The van der Waals surface area contributed by atoms with Gasteiger partial charge in [-0.25, -0.2) is 0 Å². The van der Waals surface area contributed by atoms with Crippen molar-refractivity contribution in [3.8, 4) is 0 Å². The van der Waals surface area contributed by atoms with Crippen molar-refractivity contribution in [2.45, 2.75) is 19.4 Å². The SMILES string of the molecule is CCCNCCOC(c1ccccc1)c1ccccc1. The van der Waals surface area contributed by atoms with Gasteiger partial charge in [0.25, 0.3) is 0 Å². The first-order chi connectivity index (χ1) is 9.92. The molecule has 0 unspecified atom stereocenters. The van der Waals surface area contributed by atoms with Crippen LogP contribution >= 0.6 is 0 Å². The van der Waals surface area contributed by atoms with Crippen LogP contribution in [0.15, 0.2) is 60.7 Å². The Hall–Kier alpha value is -1.64. The van der Waals surface area contributed by atoms with Gasteiger partial charge < -0.3 is 10.1 Å². The van der Waals surface area contributed by atoms with Crippen molar-refractivity contribution in [1.29, 1.82) is 0 Å². The van der Waals surface area contributed by atoms with E-state index in [2.05, 4.69) is 60.8 Å². The molecule has 0 saturated carbocycles. The van der Waals surface area contributed by atoms with Crippen LogP contribution in [0.5, 0.6) is 0 Å². The highest BCUT2D eigenvalue weighted by Crippen LogP contribution is 2.25. The van der Waals surface area contributed by atoms with E-state index >= 15 is 0 Å². The molecule has 20 heavy (non-hydrogen) atoms. The lowest BCUT2D eigenvalue weighted by Gasteiger charge is -2.19. The number of benzene rings is 2. The van der Waals surface area contributed by atoms with E-state index in [1.165, 1.54) is 11.1 Å². The summed E-state index contributed by atoms with van der Waals surface area (Å²) < 4.78 is 6.10. The summed E-state index contributed by atoms with van der Waals surface area (Å²) in [5, 5.41) is 3.37. The van der Waals surface area contributed by atoms with Gasteiger partial charge in [0, 0.05) is 6.54 Å². The smallest absolute Gasteiger partial charge is 0.108 e. The minimum absolute atomic E-state index is 0.0147. The standard InChI is InChI=1S/C18H23NO/c1-2-13-19-14-15-20-18(16-9-5-3-6-10-16)17-11-7-4-8-12-17/h3-12,18-19H,2,13-15H2,1H3. The Morgan fingerprint density at radius 2 is 1.40 bits per heavy atom. The molecular weight excluding hydrogens is 246 g/mol. The average Bonchev–Trinajstić information content (AvgIpc) is 2.53. The second kappa shape index (κ2) is 8.51. The molecule has 0 radical (unpaired) electrons. The number of ether oxygens (including phenoxy) is 1. The van der Waals surface area contributed by atoms with Crippen LogP contribution in [0.4, 0.5) is 0 Å². The molecule has 0 spiro atoms. The van der Waals surface area contributed by atoms with Gasteiger partial charge >= 0.3 is 0 Å². The fraction of sp³-hybridized carbons (Fsp3) is 0.333. The summed E-state index contributed by atoms with van der Waals surface area (Å²) in [6.07, 6.45) is 1.17. The molecule has 0 atom stereocenters. The molecule has 0 saturated heterocycles. The van der Waals surface area contributed by atoms with Crippen molar-refractivity contribution >= 4 is 0 Å². The lowest BCUT2D eigenvalue weighted by Crippen LogP contribution is -2.21. The van der Waals surface area contributed by atoms with Crippen molar-refractivity contribution in [3.05, 3.63) is 71.8 Å². The number of hydrogen-bond donors (Lipinski definition) is 1. The van der Waals surface area contributed by atoms with Crippen LogP contribution in [0.25, 0.3) is 0 Å². The van der Waals surface area contributed by atoms with Crippen LogP contribution in [0.1, 0.15) is 30.6 Å². The molecule has 106 valence electrons. The maximum atomic E-state index is 6.10. The van der Waals surface area contributed by atoms with Gasteiger partial charge in [0.05, 0.1) is 6.61 Å². The minimum Gasteiger partial charge on any atom is -0.367 e. The third-order valence-corrected chi connectivity index (χ3v) is 3.19. The summed E-state index contributed by atoms with van der Waals surface area (Å²) >= 11 is 0. The molecule has 2 aromatic rings. The molecule has 0 heterocycles. The molecular formula is C18H23NO. The van der Waals surface area contributed by atoms with Gasteiger partial charge in [0.2, 0.25) is 0 Å². The number of rotatable bonds is 8. The highest BCUT2D eigenvalue weighted by Gasteiger charge is 2.13. The molecule has 0 bridgehead atoms. The van der Waals surface area contributed by atoms with E-state index in [1.807, 2.05) is 12.1 Å². The predicted molar refractivity (Wildman–Crippen MR) is 83.8 cm³/mol. The van der Waals surface area contributed by atoms with Crippen molar-refractivity contribution in [2.24, 2.45) is 0 Å². The zero-order valence-corrected chi connectivity index (χ0v) is 12.1. The maximum Gasteiger partial charge on any atom is 0.108 e. The van der Waals surface area contributed by atoms with E-state index in [4.69, 9.17) is 4.74 Å². The Kier molecular flexibility index (Phi) is 6.28. The predicted octanol–water partition coefficient (Wildman–Crippen LogP) is 3.79. The lowest BCUT2D eigenvalue weighted by atomic mass is 10.0. The van der Waals surface area contributed by atoms with E-state index in [9.17, 15) is 0 Å². The Balaban J connectivity index is 2.02. The van der Waals surface area contributed by atoms with Gasteiger partial charge in [-0.15, -0.1) is 0 Å². The van der Waals surface area contributed by atoms with Crippen LogP contribution in [0, 0.1) is 0 Å². The monoisotopic (exact) mass is 269 g/mol. The summed E-state index contributed by atoms with van der Waals surface area (Å²) in [4.78, 5) is 0. The van der Waals surface area contributed by atoms with Crippen molar-refractivity contribution < 1.29 is 4.74 Å². The molecule has 2 nitrogen and oxygen atoms in total. The van der Waals surface area contributed by atoms with Gasteiger partial charge in [-0.3, -0.25) is 0 Å². The number of hydrogen-bond acceptors (Lipinski definition) is 2. The molecule has 0 aromatic heterocycles. The zero-order valence-electron chi connectivity index (χ0n) is 12.1. The van der Waals surface area contributed by atoms with Crippen LogP contribution in [0.2, 0.25) is 0 Å². The van der Waals surface area contributed by atoms with Crippen molar-refractivity contribution in [2.75, 3.05) is 19.7 Å². The van der Waals surface area contributed by atoms with Gasteiger partial charge in [-0.2, -0.15) is 0 Å². The topological polar surface area (TPSA) is 21.3 Å². The Morgan fingerprint density at radius 1 is 0.850 bits per heavy atom. The van der Waals surface area contributed by atoms with Crippen molar-refractivity contribution in [3.63, 3.8) is 0 Å². The van der Waals surface area contributed by atoms with Gasteiger partial charge in [0.15, 0.2) is 0 Å². The lowest BCUT2D eigenvalue weighted by molar-refractivity contribution is 0.0822. The third-order valence-electron chi connectivity index (χ3n) is 3.19. The average molecular weight is 269 g/mol. The van der Waals surface area contributed by atoms with E-state index in [-0.39, 0.29) is 6.10 Å². The van der Waals surface area contributed by atoms with E-state index in [0.29, 0.717) is 6.61 Å². The molecule has 0 aliphatic rings. The first-order valence-corrected chi connectivity index (χ1v) is 7.34. The number of nitrogens with one attached hydrogen (secondary N) is 1. The maximum absolute atomic E-state index is 6.10. The fourth-order valence-electron chi connectivity index (χ4n) is 2.19. The zero-order chi connectivity index (χ0) is 14.0. The largest absolute Gasteiger partial charge is 0.367 e. The van der Waals surface area contributed by atoms with E-state index in [0.717, 1.165) is 19.5 Å². The molecule has 0 aliphatic heterocycles. The van der Waals surface area contributed by atoms with E-state index in [1.54, 1.807) is 0 Å². The van der Waals surface area contributed by atoms with Crippen LogP contribution in [-0.4, -0.2) is 19.7 Å². The summed E-state index contributed by atoms with van der Waals surface area (Å²) in [5.41, 5.74) is 2.41. The van der Waals surface area contributed by atoms with Crippen LogP contribution < -0.4 is 5.32 Å². The van der Waals surface area contributed by atoms with Crippen LogP contribution in [-0.2, 0) is 4.74 Å². The fourth-order valence-corrected chi connectivity index (χ4v) is 2.19. The van der Waals surface area contributed by atoms with Crippen LogP contribution in [0.3, 0.4) is 0 Å². The van der Waals surface area contributed by atoms with Gasteiger partial charge in [0.1, 0.15) is 6.10 Å². The molecule has 0 aliphatic carbocycles. The highest BCUT2D eigenvalue weighted by atomic mass is 16.5. The summed E-state index contributed by atoms with van der Waals surface area (Å²) in [6.45, 7) is 4.83. The molecule has 0 fully saturated rings. The summed E-state index contributed by atoms with van der Waals surface area (Å²) in [7, 11) is 0. The second-order valence-electron chi connectivity index (χ2n) is 4.82. The Morgan fingerprint density at radius 3 is 1.90 bits per heavy atom. The van der Waals surface area contributed by atoms with Gasteiger partial charge in [-0.1, -0.05) is 67.6 Å². The van der Waals surface area contributed by atoms with E-state index < -0.39 is 0 Å². The Labute approximate surface area is 121 Å². The summed E-state index contributed by atoms with van der Waals surface area (Å²) in [5.74, 6) is 0. The second-order valence-corrected chi connectivity index (χ2v) is 4.82. The molecule has 2 heteroatoms. The quantitative estimate of drug-likeness (QED) is 0.736. The first-order valence-electron chi connectivity index (χ1n) is 7.34. The normalized spacial score (nSPS) is 10.9. The third kappa shape index (κ3) is 4.48. The molecule has 0 amide bonds. The molecule has 2 aromatic carbocycles. The summed E-state index contributed by atoms with van der Waals surface area (Å²) in [6, 6.07) is 20.8. The van der Waals surface area contributed by atoms with Crippen molar-refractivity contribution in [1.82, 2.24) is 5.32 Å². The molecule has 1 N–H and O–H groups in total. The first kappa shape index (κ1) is 14.8. The minimum atomic E-state index is 0.0147.